The number of hydrogen-bond acceptors (Lipinski definition) is 2. The van der Waals surface area contributed by atoms with E-state index in [0.29, 0.717) is 5.92 Å². The zero-order valence-corrected chi connectivity index (χ0v) is 18.4. The van der Waals surface area contributed by atoms with Crippen molar-refractivity contribution < 1.29 is 33.4 Å². The van der Waals surface area contributed by atoms with Gasteiger partial charge in [-0.05, 0) is 0 Å². The van der Waals surface area contributed by atoms with E-state index >= 15 is 0 Å². The first kappa shape index (κ1) is 21.0. The number of hydrogen-bond donors (Lipinski definition) is 0. The molecule has 3 heteroatoms. The Balaban J connectivity index is 0.000000570. The molecule has 2 atom stereocenters. The summed E-state index contributed by atoms with van der Waals surface area (Å²) in [7, 11) is 1.50. The summed E-state index contributed by atoms with van der Waals surface area (Å²) in [5.74, 6) is 0.652. The molecule has 0 saturated carbocycles. The van der Waals surface area contributed by atoms with E-state index in [1.54, 1.807) is 16.7 Å². The predicted octanol–water partition coefficient (Wildman–Crippen LogP) is 3.58. The van der Waals surface area contributed by atoms with Gasteiger partial charge in [0.15, 0.2) is 0 Å². The van der Waals surface area contributed by atoms with Crippen molar-refractivity contribution in [2.75, 3.05) is 14.2 Å². The van der Waals surface area contributed by atoms with Gasteiger partial charge in [-0.2, -0.15) is 14.2 Å². The van der Waals surface area contributed by atoms with E-state index in [9.17, 15) is 0 Å². The summed E-state index contributed by atoms with van der Waals surface area (Å²) in [5.41, 5.74) is 7.74. The van der Waals surface area contributed by atoms with Crippen molar-refractivity contribution in [3.63, 3.8) is 0 Å². The van der Waals surface area contributed by atoms with E-state index in [1.165, 1.54) is 11.1 Å². The molecule has 2 nitrogen and oxygen atoms in total. The van der Waals surface area contributed by atoms with Crippen LogP contribution in [0.5, 0.6) is 0 Å². The second kappa shape index (κ2) is 10.2. The maximum Gasteiger partial charge on any atom is -0.153 e. The Kier molecular flexibility index (Phi) is 8.22. The van der Waals surface area contributed by atoms with E-state index in [-0.39, 0.29) is 0 Å². The summed E-state index contributed by atoms with van der Waals surface area (Å²) < 4.78 is 1.46. The number of rotatable bonds is 3. The molecule has 2 aliphatic carbocycles. The Morgan fingerprint density at radius 3 is 2.04 bits per heavy atom. The first-order valence-electron chi connectivity index (χ1n) is 8.89. The van der Waals surface area contributed by atoms with Gasteiger partial charge >= 0.3 is 145 Å². The minimum Gasteiger partial charge on any atom is -0.857 e. The van der Waals surface area contributed by atoms with Gasteiger partial charge in [-0.15, -0.1) is 0 Å². The Labute approximate surface area is 168 Å². The van der Waals surface area contributed by atoms with E-state index < -0.39 is 23.2 Å². The minimum absolute atomic E-state index is 0.632. The number of benzene rings is 2. The van der Waals surface area contributed by atoms with Crippen molar-refractivity contribution in [2.24, 2.45) is 5.92 Å². The molecule has 0 radical (unpaired) electrons. The van der Waals surface area contributed by atoms with Crippen LogP contribution in [0.15, 0.2) is 60.2 Å². The van der Waals surface area contributed by atoms with Gasteiger partial charge in [0.25, 0.3) is 0 Å². The maximum absolute atomic E-state index is 8.25. The van der Waals surface area contributed by atoms with Crippen LogP contribution in [-0.2, 0) is 23.2 Å². The van der Waals surface area contributed by atoms with Crippen molar-refractivity contribution in [3.05, 3.63) is 82.4 Å². The van der Waals surface area contributed by atoms with Gasteiger partial charge < -0.3 is 10.2 Å². The molecule has 0 saturated heterocycles. The molecule has 2 unspecified atom stereocenters. The van der Waals surface area contributed by atoms with E-state index in [2.05, 4.69) is 80.6 Å². The van der Waals surface area contributed by atoms with Crippen molar-refractivity contribution >= 4 is 12.2 Å². The first-order valence-corrected chi connectivity index (χ1v) is 11.7. The number of allylic oxidation sites excluding steroid dienone is 2. The smallest absolute Gasteiger partial charge is 0.153 e. The van der Waals surface area contributed by atoms with Crippen LogP contribution in [0.25, 0.3) is 12.2 Å². The molecule has 2 aliphatic rings. The largest absolute Gasteiger partial charge is 0.857 e. The van der Waals surface area contributed by atoms with Crippen LogP contribution in [0.2, 0.25) is 0 Å². The molecular formula is C23H26O2Zr. The molecule has 0 bridgehead atoms. The van der Waals surface area contributed by atoms with Crippen LogP contribution in [0.3, 0.4) is 0 Å². The summed E-state index contributed by atoms with van der Waals surface area (Å²) in [6.07, 6.45) is 7.27. The Bertz CT molecular complexity index is 777. The van der Waals surface area contributed by atoms with Gasteiger partial charge in [0, 0.05) is 0 Å². The Morgan fingerprint density at radius 2 is 1.38 bits per heavy atom. The van der Waals surface area contributed by atoms with Crippen LogP contribution in [-0.4, -0.2) is 14.2 Å². The molecule has 4 rings (SSSR count). The normalized spacial score (nSPS) is 18.7. The van der Waals surface area contributed by atoms with Crippen LogP contribution in [0, 0.1) is 5.92 Å². The fourth-order valence-corrected chi connectivity index (χ4v) is 8.67. The summed E-state index contributed by atoms with van der Waals surface area (Å²) >= 11 is -0.632. The summed E-state index contributed by atoms with van der Waals surface area (Å²) in [6, 6.07) is 18.0. The maximum atomic E-state index is 8.25. The average Bonchev–Trinajstić information content (AvgIpc) is 3.28. The summed E-state index contributed by atoms with van der Waals surface area (Å²) in [6.45, 7) is 4.70. The molecule has 0 heterocycles. The Morgan fingerprint density at radius 1 is 0.808 bits per heavy atom. The topological polar surface area (TPSA) is 46.1 Å². The predicted molar refractivity (Wildman–Crippen MR) is 102 cm³/mol. The monoisotopic (exact) mass is 424 g/mol. The molecule has 0 fully saturated rings. The zero-order chi connectivity index (χ0) is 19.1. The first-order chi connectivity index (χ1) is 12.7. The molecule has 0 spiro atoms. The third-order valence-electron chi connectivity index (χ3n) is 4.77. The third-order valence-corrected chi connectivity index (χ3v) is 9.30. The second-order valence-corrected chi connectivity index (χ2v) is 10.3. The quantitative estimate of drug-likeness (QED) is 0.754. The van der Waals surface area contributed by atoms with Crippen molar-refractivity contribution in [2.45, 2.75) is 21.1 Å². The number of fused-ring (bicyclic) bond motifs is 2. The molecule has 0 N–H and O–H groups in total. The fourth-order valence-electron chi connectivity index (χ4n) is 3.61. The zero-order valence-electron chi connectivity index (χ0n) is 15.9. The molecule has 26 heavy (non-hydrogen) atoms. The molecule has 2 aromatic rings. The fraction of sp³-hybridized carbons (Fsp3) is 0.304. The van der Waals surface area contributed by atoms with E-state index in [1.807, 2.05) is 0 Å². The third kappa shape index (κ3) is 4.34. The van der Waals surface area contributed by atoms with Crippen LogP contribution >= 0.6 is 0 Å². The van der Waals surface area contributed by atoms with Crippen LogP contribution in [0.4, 0.5) is 0 Å². The van der Waals surface area contributed by atoms with Crippen molar-refractivity contribution in [1.29, 1.82) is 0 Å². The summed E-state index contributed by atoms with van der Waals surface area (Å²) in [5, 5.41) is 16.5. The SMILES string of the molecule is CC(C)C1=Cc2ccccc2[CH]1[Zr+2][CH]1C=Cc2ccccc21.C[O-].C[O-]. The molecule has 2 aromatic carbocycles. The second-order valence-electron chi connectivity index (χ2n) is 6.49. The van der Waals surface area contributed by atoms with Gasteiger partial charge in [-0.1, -0.05) is 0 Å². The van der Waals surface area contributed by atoms with Gasteiger partial charge in [-0.3, -0.25) is 0 Å². The average molecular weight is 426 g/mol. The summed E-state index contributed by atoms with van der Waals surface area (Å²) in [4.78, 5) is 0. The molecular weight excluding hydrogens is 399 g/mol. The van der Waals surface area contributed by atoms with Gasteiger partial charge in [0.2, 0.25) is 0 Å². The van der Waals surface area contributed by atoms with Crippen LogP contribution < -0.4 is 10.2 Å². The van der Waals surface area contributed by atoms with Crippen molar-refractivity contribution in [3.8, 4) is 0 Å². The molecule has 0 amide bonds. The minimum atomic E-state index is -0.632. The van der Waals surface area contributed by atoms with Crippen molar-refractivity contribution in [1.82, 2.24) is 0 Å². The standard InChI is InChI=1S/C12H13.C9H7.2CH3O.Zr/c1-9(2)12-7-10-5-3-4-6-11(10)8-12;1-2-5-9-7-3-6-8(9)4-1;2*1-2;/h3-9H,1-2H3;1-7H;2*1H3;/q;;2*-1;+2. The van der Waals surface area contributed by atoms with Gasteiger partial charge in [0.05, 0.1) is 0 Å². The Hall–Kier alpha value is -1.28. The molecule has 0 aromatic heterocycles. The van der Waals surface area contributed by atoms with E-state index in [4.69, 9.17) is 10.2 Å². The molecule has 134 valence electrons. The molecule has 0 aliphatic heterocycles. The van der Waals surface area contributed by atoms with Gasteiger partial charge in [0.1, 0.15) is 0 Å². The van der Waals surface area contributed by atoms with Crippen LogP contribution in [0.1, 0.15) is 43.4 Å². The van der Waals surface area contributed by atoms with E-state index in [0.717, 1.165) is 21.5 Å². The van der Waals surface area contributed by atoms with Gasteiger partial charge in [-0.25, -0.2) is 0 Å².